The van der Waals surface area contributed by atoms with Gasteiger partial charge in [0.05, 0.1) is 12.5 Å². The quantitative estimate of drug-likeness (QED) is 0.0909. The molecule has 13 N–H and O–H groups in total. The van der Waals surface area contributed by atoms with Gasteiger partial charge >= 0.3 is 5.97 Å². The van der Waals surface area contributed by atoms with Crippen molar-refractivity contribution in [3.63, 3.8) is 0 Å². The number of aromatic hydroxyl groups is 1. The number of amides is 6. The number of carbonyl (C=O) groups is 7. The first-order chi connectivity index (χ1) is 18.2. The molecule has 0 radical (unpaired) electrons. The third-order valence-electron chi connectivity index (χ3n) is 5.38. The molecule has 0 aliphatic carbocycles. The Labute approximate surface area is 222 Å². The summed E-state index contributed by atoms with van der Waals surface area (Å²) in [7, 11) is 0. The highest BCUT2D eigenvalue weighted by molar-refractivity contribution is 5.95. The highest BCUT2D eigenvalue weighted by Gasteiger charge is 2.31. The summed E-state index contributed by atoms with van der Waals surface area (Å²) < 4.78 is 0. The predicted molar refractivity (Wildman–Crippen MR) is 134 cm³/mol. The Kier molecular flexibility index (Phi) is 12.8. The smallest absolute Gasteiger partial charge is 0.326 e. The third-order valence-corrected chi connectivity index (χ3v) is 5.38. The van der Waals surface area contributed by atoms with Crippen LogP contribution >= 0.6 is 0 Å². The lowest BCUT2D eigenvalue weighted by Crippen LogP contribution is -2.58. The third kappa shape index (κ3) is 12.4. The van der Waals surface area contributed by atoms with Gasteiger partial charge in [-0.3, -0.25) is 28.8 Å². The molecule has 4 unspecified atom stereocenters. The molecule has 6 amide bonds. The molecule has 0 aromatic heterocycles. The van der Waals surface area contributed by atoms with Crippen LogP contribution in [0.15, 0.2) is 24.3 Å². The van der Waals surface area contributed by atoms with Crippen molar-refractivity contribution >= 4 is 41.4 Å². The molecular formula is C23H33N7O9. The van der Waals surface area contributed by atoms with E-state index in [9.17, 15) is 43.8 Å². The molecule has 1 rings (SSSR count). The number of primary amides is 3. The summed E-state index contributed by atoms with van der Waals surface area (Å²) in [6, 6.07) is -0.210. The normalized spacial score (nSPS) is 13.7. The molecule has 0 bridgehead atoms. The van der Waals surface area contributed by atoms with Gasteiger partial charge in [0.25, 0.3) is 0 Å². The van der Waals surface area contributed by atoms with Gasteiger partial charge in [0.15, 0.2) is 0 Å². The maximum absolute atomic E-state index is 13.1. The first-order valence-corrected chi connectivity index (χ1v) is 11.7. The van der Waals surface area contributed by atoms with Crippen LogP contribution in [-0.4, -0.2) is 75.8 Å². The molecule has 0 aliphatic rings. The molecule has 1 aromatic carbocycles. The minimum absolute atomic E-state index is 0.0712. The van der Waals surface area contributed by atoms with Gasteiger partial charge in [-0.1, -0.05) is 12.1 Å². The number of carboxylic acid groups (broad SMARTS) is 1. The number of phenols is 1. The van der Waals surface area contributed by atoms with Crippen LogP contribution in [0.2, 0.25) is 0 Å². The van der Waals surface area contributed by atoms with Crippen molar-refractivity contribution in [2.45, 2.75) is 62.7 Å². The fourth-order valence-electron chi connectivity index (χ4n) is 3.29. The number of rotatable bonds is 17. The second-order valence-electron chi connectivity index (χ2n) is 8.68. The van der Waals surface area contributed by atoms with E-state index >= 15 is 0 Å². The van der Waals surface area contributed by atoms with Gasteiger partial charge in [0, 0.05) is 19.3 Å². The zero-order chi connectivity index (χ0) is 29.7. The Morgan fingerprint density at radius 1 is 0.692 bits per heavy atom. The van der Waals surface area contributed by atoms with E-state index in [4.69, 9.17) is 22.9 Å². The SMILES string of the molecule is NC(=O)CCC(N)C(=O)NC(CCC(N)=O)C(=O)NC(Cc1ccc(O)cc1)C(=O)NC(CC(N)=O)C(=O)O. The minimum Gasteiger partial charge on any atom is -0.508 e. The molecule has 0 fully saturated rings. The molecule has 214 valence electrons. The average Bonchev–Trinajstić information content (AvgIpc) is 2.84. The van der Waals surface area contributed by atoms with Crippen molar-refractivity contribution in [1.29, 1.82) is 0 Å². The van der Waals surface area contributed by atoms with Crippen molar-refractivity contribution in [2.24, 2.45) is 22.9 Å². The van der Waals surface area contributed by atoms with Crippen molar-refractivity contribution in [3.8, 4) is 5.75 Å². The summed E-state index contributed by atoms with van der Waals surface area (Å²) in [6.45, 7) is 0. The molecule has 4 atom stereocenters. The number of hydrogen-bond donors (Lipinski definition) is 9. The first-order valence-electron chi connectivity index (χ1n) is 11.7. The van der Waals surface area contributed by atoms with E-state index in [2.05, 4.69) is 16.0 Å². The number of carboxylic acids is 1. The summed E-state index contributed by atoms with van der Waals surface area (Å²) in [4.78, 5) is 83.6. The second-order valence-corrected chi connectivity index (χ2v) is 8.68. The molecule has 0 saturated carbocycles. The molecule has 16 heteroatoms. The van der Waals surface area contributed by atoms with Crippen LogP contribution in [-0.2, 0) is 40.0 Å². The fraction of sp³-hybridized carbons (Fsp3) is 0.435. The van der Waals surface area contributed by atoms with Gasteiger partial charge in [-0.15, -0.1) is 0 Å². The van der Waals surface area contributed by atoms with Crippen LogP contribution in [0.3, 0.4) is 0 Å². The Morgan fingerprint density at radius 3 is 1.69 bits per heavy atom. The lowest BCUT2D eigenvalue weighted by molar-refractivity contribution is -0.143. The molecule has 16 nitrogen and oxygen atoms in total. The van der Waals surface area contributed by atoms with Gasteiger partial charge in [0.1, 0.15) is 23.9 Å². The van der Waals surface area contributed by atoms with Crippen molar-refractivity contribution in [3.05, 3.63) is 29.8 Å². The van der Waals surface area contributed by atoms with Crippen molar-refractivity contribution in [1.82, 2.24) is 16.0 Å². The van der Waals surface area contributed by atoms with E-state index in [0.29, 0.717) is 5.56 Å². The van der Waals surface area contributed by atoms with Crippen LogP contribution in [0.5, 0.6) is 5.75 Å². The average molecular weight is 552 g/mol. The molecule has 0 spiro atoms. The molecule has 39 heavy (non-hydrogen) atoms. The number of phenolic OH excluding ortho intramolecular Hbond substituents is 1. The van der Waals surface area contributed by atoms with Gasteiger partial charge in [0.2, 0.25) is 35.4 Å². The standard InChI is InChI=1S/C23H33N7O9/c24-13(5-7-17(25)32)20(35)28-14(6-8-18(26)33)21(36)29-15(9-11-1-3-12(31)4-2-11)22(37)30-16(23(38)39)10-19(27)34/h1-4,13-16,31H,5-10,24H2,(H2,25,32)(H2,26,33)(H2,27,34)(H,28,35)(H,29,36)(H,30,37)(H,38,39). The summed E-state index contributed by atoms with van der Waals surface area (Å²) >= 11 is 0. The number of nitrogens with two attached hydrogens (primary N) is 4. The summed E-state index contributed by atoms with van der Waals surface area (Å²) in [5.41, 5.74) is 21.4. The number of benzene rings is 1. The molecule has 0 saturated heterocycles. The van der Waals surface area contributed by atoms with Gasteiger partial charge in [-0.2, -0.15) is 0 Å². The number of carbonyl (C=O) groups excluding carboxylic acids is 6. The van der Waals surface area contributed by atoms with Gasteiger partial charge in [-0.05, 0) is 30.5 Å². The number of nitrogens with one attached hydrogen (secondary N) is 3. The maximum atomic E-state index is 13.1. The summed E-state index contributed by atoms with van der Waals surface area (Å²) in [6.07, 6.45) is -1.84. The largest absolute Gasteiger partial charge is 0.508 e. The fourth-order valence-corrected chi connectivity index (χ4v) is 3.29. The van der Waals surface area contributed by atoms with E-state index in [1.54, 1.807) is 0 Å². The molecule has 0 aliphatic heterocycles. The Hall–Kier alpha value is -4.73. The van der Waals surface area contributed by atoms with E-state index in [1.165, 1.54) is 24.3 Å². The number of aliphatic carboxylic acids is 1. The van der Waals surface area contributed by atoms with E-state index in [0.717, 1.165) is 0 Å². The highest BCUT2D eigenvalue weighted by Crippen LogP contribution is 2.12. The van der Waals surface area contributed by atoms with Crippen LogP contribution in [0.4, 0.5) is 0 Å². The topological polar surface area (TPSA) is 300 Å². The minimum atomic E-state index is -1.69. The monoisotopic (exact) mass is 551 g/mol. The molecule has 1 aromatic rings. The first kappa shape index (κ1) is 32.3. The Balaban J connectivity index is 3.18. The zero-order valence-corrected chi connectivity index (χ0v) is 20.9. The lowest BCUT2D eigenvalue weighted by Gasteiger charge is -2.25. The summed E-state index contributed by atoms with van der Waals surface area (Å²) in [5, 5.41) is 25.7. The Bertz CT molecular complexity index is 1080. The van der Waals surface area contributed by atoms with Crippen LogP contribution in [0.25, 0.3) is 0 Å². The van der Waals surface area contributed by atoms with Gasteiger partial charge < -0.3 is 49.1 Å². The van der Waals surface area contributed by atoms with Crippen LogP contribution < -0.4 is 38.9 Å². The maximum Gasteiger partial charge on any atom is 0.326 e. The zero-order valence-electron chi connectivity index (χ0n) is 20.9. The second kappa shape index (κ2) is 15.5. The van der Waals surface area contributed by atoms with Crippen LogP contribution in [0, 0.1) is 0 Å². The van der Waals surface area contributed by atoms with Crippen molar-refractivity contribution in [2.75, 3.05) is 0 Å². The lowest BCUT2D eigenvalue weighted by atomic mass is 10.0. The predicted octanol–water partition coefficient (Wildman–Crippen LogP) is -3.79. The summed E-state index contributed by atoms with van der Waals surface area (Å²) in [5.74, 6) is -6.87. The van der Waals surface area contributed by atoms with Crippen molar-refractivity contribution < 1.29 is 43.8 Å². The Morgan fingerprint density at radius 2 is 1.18 bits per heavy atom. The van der Waals surface area contributed by atoms with E-state index in [1.807, 2.05) is 0 Å². The van der Waals surface area contributed by atoms with E-state index < -0.39 is 72.0 Å². The van der Waals surface area contributed by atoms with Gasteiger partial charge in [-0.25, -0.2) is 4.79 Å². The van der Waals surface area contributed by atoms with Crippen LogP contribution in [0.1, 0.15) is 37.7 Å². The number of hydrogen-bond acceptors (Lipinski definition) is 9. The molecule has 0 heterocycles. The van der Waals surface area contributed by atoms with E-state index in [-0.39, 0.29) is 37.9 Å². The highest BCUT2D eigenvalue weighted by atomic mass is 16.4. The molecular weight excluding hydrogens is 518 g/mol.